The normalized spacial score (nSPS) is 9.50. The number of aromatic nitrogens is 1. The molecular formula is C8H7FN2O3. The summed E-state index contributed by atoms with van der Waals surface area (Å²) in [5, 5.41) is 10.4. The van der Waals surface area contributed by atoms with Gasteiger partial charge in [0.2, 0.25) is 5.95 Å². The second kappa shape index (κ2) is 4.31. The van der Waals surface area contributed by atoms with Crippen LogP contribution in [0.15, 0.2) is 18.3 Å². The third-order valence-corrected chi connectivity index (χ3v) is 1.39. The van der Waals surface area contributed by atoms with Crippen LogP contribution >= 0.6 is 0 Å². The van der Waals surface area contributed by atoms with E-state index in [2.05, 4.69) is 10.3 Å². The van der Waals surface area contributed by atoms with Gasteiger partial charge in [-0.05, 0) is 12.1 Å². The monoisotopic (exact) mass is 197 g/mol. The molecule has 0 saturated heterocycles. The number of pyridine rings is 1. The SMILES string of the molecule is O=C(O)CNC(=O)c1ccc([18F])nc1. The minimum absolute atomic E-state index is 0.118. The molecule has 0 saturated carbocycles. The first-order valence-corrected chi connectivity index (χ1v) is 3.71. The van der Waals surface area contributed by atoms with Crippen molar-refractivity contribution >= 4 is 11.9 Å². The molecule has 0 bridgehead atoms. The first-order chi connectivity index (χ1) is 6.59. The number of carboxylic acids is 1. The van der Waals surface area contributed by atoms with E-state index in [-0.39, 0.29) is 5.56 Å². The Morgan fingerprint density at radius 2 is 2.21 bits per heavy atom. The summed E-state index contributed by atoms with van der Waals surface area (Å²) >= 11 is 0. The van der Waals surface area contributed by atoms with Crippen LogP contribution in [0, 0.1) is 5.95 Å². The molecule has 0 unspecified atom stereocenters. The maximum Gasteiger partial charge on any atom is 0.322 e. The number of carbonyl (C=O) groups excluding carboxylic acids is 1. The average molecular weight is 197 g/mol. The molecule has 0 spiro atoms. The molecule has 1 amide bonds. The number of hydrogen-bond acceptors (Lipinski definition) is 3. The molecule has 0 aliphatic carbocycles. The fourth-order valence-corrected chi connectivity index (χ4v) is 0.768. The van der Waals surface area contributed by atoms with Gasteiger partial charge in [-0.2, -0.15) is 4.39 Å². The zero-order valence-electron chi connectivity index (χ0n) is 7.03. The number of amides is 1. The Balaban J connectivity index is 2.61. The van der Waals surface area contributed by atoms with E-state index in [0.29, 0.717) is 0 Å². The van der Waals surface area contributed by atoms with Crippen molar-refractivity contribution < 1.29 is 19.1 Å². The lowest BCUT2D eigenvalue weighted by Crippen LogP contribution is -2.29. The van der Waals surface area contributed by atoms with Gasteiger partial charge in [0, 0.05) is 6.20 Å². The van der Waals surface area contributed by atoms with Crippen molar-refractivity contribution in [3.8, 4) is 0 Å². The fraction of sp³-hybridized carbons (Fsp3) is 0.125. The second-order valence-electron chi connectivity index (χ2n) is 2.45. The van der Waals surface area contributed by atoms with Gasteiger partial charge in [0.05, 0.1) is 5.56 Å². The summed E-state index contributed by atoms with van der Waals surface area (Å²) < 4.78 is 12.3. The lowest BCUT2D eigenvalue weighted by Gasteiger charge is -2.00. The summed E-state index contributed by atoms with van der Waals surface area (Å²) in [6.45, 7) is -0.476. The molecule has 0 aliphatic heterocycles. The Hall–Kier alpha value is -1.98. The number of halogens is 1. The second-order valence-corrected chi connectivity index (χ2v) is 2.45. The van der Waals surface area contributed by atoms with Crippen LogP contribution in [0.25, 0.3) is 0 Å². The molecule has 5 nitrogen and oxygen atoms in total. The minimum atomic E-state index is -1.14. The van der Waals surface area contributed by atoms with Crippen molar-refractivity contribution in [2.45, 2.75) is 0 Å². The summed E-state index contributed by atoms with van der Waals surface area (Å²) in [6, 6.07) is 2.25. The number of aliphatic carboxylic acids is 1. The summed E-state index contributed by atoms with van der Waals surface area (Å²) in [6.07, 6.45) is 1.03. The molecule has 14 heavy (non-hydrogen) atoms. The van der Waals surface area contributed by atoms with E-state index in [4.69, 9.17) is 5.11 Å². The molecule has 6 heteroatoms. The van der Waals surface area contributed by atoms with Gasteiger partial charge in [0.25, 0.3) is 5.91 Å². The van der Waals surface area contributed by atoms with Gasteiger partial charge in [-0.25, -0.2) is 4.98 Å². The van der Waals surface area contributed by atoms with Crippen LogP contribution in [0.2, 0.25) is 0 Å². The average Bonchev–Trinajstić information content (AvgIpc) is 2.15. The van der Waals surface area contributed by atoms with Crippen LogP contribution in [0.1, 0.15) is 10.4 Å². The molecule has 1 aromatic heterocycles. The van der Waals surface area contributed by atoms with Crippen molar-refractivity contribution in [3.63, 3.8) is 0 Å². The molecule has 0 aliphatic rings. The highest BCUT2D eigenvalue weighted by Gasteiger charge is 2.06. The number of nitrogens with one attached hydrogen (secondary N) is 1. The van der Waals surface area contributed by atoms with Crippen LogP contribution in [0.5, 0.6) is 0 Å². The van der Waals surface area contributed by atoms with Crippen LogP contribution in [0.4, 0.5) is 4.39 Å². The third kappa shape index (κ3) is 2.81. The highest BCUT2D eigenvalue weighted by atomic mass is 18.2. The first kappa shape index (κ1) is 10.1. The van der Waals surface area contributed by atoms with E-state index < -0.39 is 24.4 Å². The molecule has 1 heterocycles. The minimum Gasteiger partial charge on any atom is -0.480 e. The molecule has 1 rings (SSSR count). The topological polar surface area (TPSA) is 79.3 Å². The van der Waals surface area contributed by atoms with E-state index in [0.717, 1.165) is 12.3 Å². The number of hydrogen-bond donors (Lipinski definition) is 2. The Morgan fingerprint density at radius 1 is 1.50 bits per heavy atom. The Morgan fingerprint density at radius 3 is 2.71 bits per heavy atom. The number of nitrogens with zero attached hydrogens (tertiary/aromatic N) is 1. The van der Waals surface area contributed by atoms with Gasteiger partial charge in [0.15, 0.2) is 0 Å². The smallest absolute Gasteiger partial charge is 0.322 e. The molecule has 0 aromatic carbocycles. The Labute approximate surface area is 78.6 Å². The zero-order chi connectivity index (χ0) is 10.6. The van der Waals surface area contributed by atoms with Crippen molar-refractivity contribution in [1.29, 1.82) is 0 Å². The van der Waals surface area contributed by atoms with Gasteiger partial charge in [-0.15, -0.1) is 0 Å². The quantitative estimate of drug-likeness (QED) is 0.670. The maximum absolute atomic E-state index is 12.3. The fourth-order valence-electron chi connectivity index (χ4n) is 0.768. The van der Waals surface area contributed by atoms with Gasteiger partial charge in [0.1, 0.15) is 6.54 Å². The maximum atomic E-state index is 12.3. The van der Waals surface area contributed by atoms with E-state index in [1.807, 2.05) is 0 Å². The van der Waals surface area contributed by atoms with Crippen molar-refractivity contribution in [1.82, 2.24) is 10.3 Å². The van der Waals surface area contributed by atoms with Crippen molar-refractivity contribution in [2.24, 2.45) is 0 Å². The molecule has 0 radical (unpaired) electrons. The van der Waals surface area contributed by atoms with E-state index in [1.54, 1.807) is 0 Å². The first-order valence-electron chi connectivity index (χ1n) is 3.71. The predicted octanol–water partition coefficient (Wildman–Crippen LogP) is 0.0351. The lowest BCUT2D eigenvalue weighted by atomic mass is 10.3. The molecule has 1 aromatic rings. The standard InChI is InChI=1S/C8H7FN2O3/c9-6-2-1-5(3-10-6)8(14)11-4-7(12)13/h1-3H,4H2,(H,11,14)(H,12,13)/i9-1. The highest BCUT2D eigenvalue weighted by molar-refractivity contribution is 5.95. The Kier molecular flexibility index (Phi) is 3.11. The van der Waals surface area contributed by atoms with Crippen molar-refractivity contribution in [3.05, 3.63) is 29.8 Å². The lowest BCUT2D eigenvalue weighted by molar-refractivity contribution is -0.135. The summed E-state index contributed by atoms with van der Waals surface area (Å²) in [5.41, 5.74) is 0.118. The molecule has 0 atom stereocenters. The molecular weight excluding hydrogens is 190 g/mol. The summed E-state index contributed by atoms with van der Waals surface area (Å²) in [4.78, 5) is 24.5. The van der Waals surface area contributed by atoms with Crippen LogP contribution < -0.4 is 5.32 Å². The Bertz CT molecular complexity index is 350. The van der Waals surface area contributed by atoms with E-state index >= 15 is 0 Å². The highest BCUT2D eigenvalue weighted by Crippen LogP contribution is 1.98. The third-order valence-electron chi connectivity index (χ3n) is 1.39. The largest absolute Gasteiger partial charge is 0.480 e. The van der Waals surface area contributed by atoms with E-state index in [1.165, 1.54) is 6.07 Å². The predicted molar refractivity (Wildman–Crippen MR) is 44.2 cm³/mol. The van der Waals surface area contributed by atoms with Crippen molar-refractivity contribution in [2.75, 3.05) is 6.54 Å². The molecule has 2 N–H and O–H groups in total. The van der Waals surface area contributed by atoms with Gasteiger partial charge < -0.3 is 10.4 Å². The zero-order valence-corrected chi connectivity index (χ0v) is 7.03. The van der Waals surface area contributed by atoms with Gasteiger partial charge in [-0.3, -0.25) is 9.59 Å². The number of carboxylic acid groups (broad SMARTS) is 1. The summed E-state index contributed by atoms with van der Waals surface area (Å²) in [5.74, 6) is -2.44. The van der Waals surface area contributed by atoms with Crippen LogP contribution in [-0.4, -0.2) is 28.5 Å². The van der Waals surface area contributed by atoms with E-state index in [9.17, 15) is 14.0 Å². The molecule has 74 valence electrons. The van der Waals surface area contributed by atoms with Gasteiger partial charge >= 0.3 is 5.97 Å². The van der Waals surface area contributed by atoms with Gasteiger partial charge in [-0.1, -0.05) is 0 Å². The van der Waals surface area contributed by atoms with Crippen LogP contribution in [0.3, 0.4) is 0 Å². The van der Waals surface area contributed by atoms with Crippen LogP contribution in [-0.2, 0) is 4.79 Å². The number of rotatable bonds is 3. The number of carbonyl (C=O) groups is 2. The molecule has 0 fully saturated rings. The summed E-state index contributed by atoms with van der Waals surface area (Å²) in [7, 11) is 0.